The highest BCUT2D eigenvalue weighted by molar-refractivity contribution is 5.96. The summed E-state index contributed by atoms with van der Waals surface area (Å²) in [5.74, 6) is 0.441. The first kappa shape index (κ1) is 27.3. The van der Waals surface area contributed by atoms with Crippen LogP contribution >= 0.6 is 0 Å². The Balaban J connectivity index is 1.36. The Bertz CT molecular complexity index is 1290. The van der Waals surface area contributed by atoms with E-state index in [1.54, 1.807) is 43.5 Å². The Morgan fingerprint density at radius 3 is 2.61 bits per heavy atom. The zero-order valence-corrected chi connectivity index (χ0v) is 22.2. The summed E-state index contributed by atoms with van der Waals surface area (Å²) in [5.41, 5.74) is 4.47. The van der Waals surface area contributed by atoms with Crippen LogP contribution in [0.5, 0.6) is 5.75 Å². The number of fused-ring (bicyclic) bond motifs is 1. The van der Waals surface area contributed by atoms with Crippen molar-refractivity contribution in [3.05, 3.63) is 83.0 Å². The number of nitriles is 1. The summed E-state index contributed by atoms with van der Waals surface area (Å²) in [4.78, 5) is 16.8. The number of ether oxygens (including phenoxy) is 2. The summed E-state index contributed by atoms with van der Waals surface area (Å²) in [5, 5.41) is 23.7. The quantitative estimate of drug-likeness (QED) is 0.358. The van der Waals surface area contributed by atoms with Gasteiger partial charge in [-0.05, 0) is 81.3 Å². The number of benzene rings is 2. The Labute approximate surface area is 224 Å². The largest absolute Gasteiger partial charge is 0.489 e. The Morgan fingerprint density at radius 1 is 1.18 bits per heavy atom. The molecular formula is C31H35N3O4. The van der Waals surface area contributed by atoms with E-state index in [1.165, 1.54) is 11.1 Å². The third-order valence-electron chi connectivity index (χ3n) is 6.86. The number of hydrogen-bond acceptors (Lipinski definition) is 7. The molecule has 198 valence electrons. The van der Waals surface area contributed by atoms with Gasteiger partial charge in [-0.3, -0.25) is 4.98 Å². The molecule has 1 aliphatic carbocycles. The molecule has 1 aromatic heterocycles. The number of carbonyl (C=O) groups excluding carboxylic acids is 1. The van der Waals surface area contributed by atoms with Crippen molar-refractivity contribution < 1.29 is 19.4 Å². The average Bonchev–Trinajstić information content (AvgIpc) is 3.32. The van der Waals surface area contributed by atoms with E-state index >= 15 is 0 Å². The van der Waals surface area contributed by atoms with Crippen LogP contribution in [-0.4, -0.2) is 47.5 Å². The van der Waals surface area contributed by atoms with Gasteiger partial charge in [0.2, 0.25) is 0 Å². The van der Waals surface area contributed by atoms with Gasteiger partial charge in [0, 0.05) is 23.8 Å². The Kier molecular flexibility index (Phi) is 8.77. The minimum Gasteiger partial charge on any atom is -0.489 e. The lowest BCUT2D eigenvalue weighted by atomic mass is 9.88. The van der Waals surface area contributed by atoms with Crippen LogP contribution in [0.25, 0.3) is 11.3 Å². The number of carbonyl (C=O) groups is 1. The van der Waals surface area contributed by atoms with Gasteiger partial charge < -0.3 is 19.9 Å². The van der Waals surface area contributed by atoms with Crippen molar-refractivity contribution in [3.8, 4) is 23.1 Å². The number of hydrogen-bond donors (Lipinski definition) is 2. The molecule has 0 amide bonds. The van der Waals surface area contributed by atoms with Gasteiger partial charge in [0.25, 0.3) is 0 Å². The molecule has 0 unspecified atom stereocenters. The van der Waals surface area contributed by atoms with Crippen molar-refractivity contribution >= 4 is 5.97 Å². The summed E-state index contributed by atoms with van der Waals surface area (Å²) in [7, 11) is 0. The summed E-state index contributed by atoms with van der Waals surface area (Å²) >= 11 is 0. The lowest BCUT2D eigenvalue weighted by Crippen LogP contribution is -2.46. The molecule has 0 saturated carbocycles. The highest BCUT2D eigenvalue weighted by atomic mass is 16.5. The predicted molar refractivity (Wildman–Crippen MR) is 146 cm³/mol. The molecule has 0 bridgehead atoms. The fourth-order valence-electron chi connectivity index (χ4n) is 5.12. The summed E-state index contributed by atoms with van der Waals surface area (Å²) in [6.07, 6.45) is 4.01. The number of β-amino-alcohol motifs (C(OH)–C–C–N with tert-alkyl or cyclic N) is 1. The molecule has 1 atom stereocenters. The third kappa shape index (κ3) is 6.77. The predicted octanol–water partition coefficient (Wildman–Crippen LogP) is 4.71. The number of esters is 1. The van der Waals surface area contributed by atoms with Crippen LogP contribution in [0, 0.1) is 17.2 Å². The lowest BCUT2D eigenvalue weighted by molar-refractivity contribution is 0.0527. The summed E-state index contributed by atoms with van der Waals surface area (Å²) < 4.78 is 11.0. The highest BCUT2D eigenvalue weighted by Crippen LogP contribution is 2.32. The zero-order valence-electron chi connectivity index (χ0n) is 22.2. The third-order valence-corrected chi connectivity index (χ3v) is 6.86. The van der Waals surface area contributed by atoms with E-state index in [0.29, 0.717) is 40.6 Å². The minimum absolute atomic E-state index is 0.0169. The summed E-state index contributed by atoms with van der Waals surface area (Å²) in [6, 6.07) is 19.1. The van der Waals surface area contributed by atoms with Gasteiger partial charge in [0.05, 0.1) is 23.4 Å². The second-order valence-electron chi connectivity index (χ2n) is 10.4. The van der Waals surface area contributed by atoms with E-state index in [0.717, 1.165) is 19.3 Å². The number of nitrogens with one attached hydrogen (secondary N) is 1. The number of rotatable bonds is 11. The van der Waals surface area contributed by atoms with Gasteiger partial charge in [-0.2, -0.15) is 5.26 Å². The fourth-order valence-corrected chi connectivity index (χ4v) is 5.12. The van der Waals surface area contributed by atoms with Gasteiger partial charge in [-0.25, -0.2) is 4.79 Å². The van der Waals surface area contributed by atoms with Crippen molar-refractivity contribution in [1.82, 2.24) is 10.3 Å². The van der Waals surface area contributed by atoms with Gasteiger partial charge in [-0.1, -0.05) is 30.3 Å². The molecule has 0 saturated heterocycles. The van der Waals surface area contributed by atoms with E-state index in [-0.39, 0.29) is 18.8 Å². The molecule has 3 aromatic rings. The number of nitrogens with zero attached hydrogens (tertiary/aromatic N) is 2. The first-order valence-electron chi connectivity index (χ1n) is 13.1. The van der Waals surface area contributed by atoms with Gasteiger partial charge in [0.1, 0.15) is 24.5 Å². The Hall–Kier alpha value is -3.73. The van der Waals surface area contributed by atoms with Crippen molar-refractivity contribution in [3.63, 3.8) is 0 Å². The van der Waals surface area contributed by atoms with Crippen LogP contribution < -0.4 is 10.1 Å². The first-order valence-corrected chi connectivity index (χ1v) is 13.1. The van der Waals surface area contributed by atoms with Gasteiger partial charge in [0.15, 0.2) is 0 Å². The van der Waals surface area contributed by atoms with Crippen LogP contribution in [0.15, 0.2) is 60.8 Å². The second-order valence-corrected chi connectivity index (χ2v) is 10.4. The molecule has 0 spiro atoms. The van der Waals surface area contributed by atoms with Crippen molar-refractivity contribution in [2.75, 3.05) is 19.8 Å². The molecule has 0 aliphatic heterocycles. The van der Waals surface area contributed by atoms with Crippen LogP contribution in [0.2, 0.25) is 0 Å². The molecule has 0 fully saturated rings. The zero-order chi connectivity index (χ0) is 27.1. The van der Waals surface area contributed by atoms with E-state index in [4.69, 9.17) is 9.47 Å². The number of aliphatic hydroxyl groups excluding tert-OH is 1. The average molecular weight is 514 g/mol. The topological polar surface area (TPSA) is 104 Å². The number of pyridine rings is 1. The number of aliphatic hydroxyl groups is 1. The van der Waals surface area contributed by atoms with Crippen LogP contribution in [-0.2, 0) is 17.6 Å². The molecule has 0 radical (unpaired) electrons. The highest BCUT2D eigenvalue weighted by Gasteiger charge is 2.28. The van der Waals surface area contributed by atoms with E-state index in [1.807, 2.05) is 0 Å². The Morgan fingerprint density at radius 2 is 1.92 bits per heavy atom. The maximum absolute atomic E-state index is 12.4. The van der Waals surface area contributed by atoms with Crippen molar-refractivity contribution in [2.45, 2.75) is 51.7 Å². The SMILES string of the molecule is CCOC(=O)c1cccnc1-c1ccc(C#N)c(OC[C@H](O)CNC(C)(C)CC2Cc3ccccc3C2)c1. The van der Waals surface area contributed by atoms with Crippen molar-refractivity contribution in [1.29, 1.82) is 5.26 Å². The van der Waals surface area contributed by atoms with Crippen LogP contribution in [0.1, 0.15) is 54.2 Å². The van der Waals surface area contributed by atoms with Crippen LogP contribution in [0.3, 0.4) is 0 Å². The van der Waals surface area contributed by atoms with Crippen LogP contribution in [0.4, 0.5) is 0 Å². The number of aromatic nitrogens is 1. The fraction of sp³-hybridized carbons (Fsp3) is 0.387. The summed E-state index contributed by atoms with van der Waals surface area (Å²) in [6.45, 7) is 6.71. The van der Waals surface area contributed by atoms with Gasteiger partial charge >= 0.3 is 5.97 Å². The monoisotopic (exact) mass is 513 g/mol. The molecule has 7 heteroatoms. The molecule has 2 aromatic carbocycles. The normalized spacial score (nSPS) is 14.0. The van der Waals surface area contributed by atoms with E-state index in [2.05, 4.69) is 54.5 Å². The van der Waals surface area contributed by atoms with E-state index in [9.17, 15) is 15.2 Å². The van der Waals surface area contributed by atoms with Crippen molar-refractivity contribution in [2.24, 2.45) is 5.92 Å². The van der Waals surface area contributed by atoms with E-state index < -0.39 is 12.1 Å². The minimum atomic E-state index is -0.768. The maximum atomic E-state index is 12.4. The lowest BCUT2D eigenvalue weighted by Gasteiger charge is -2.30. The standard InChI is InChI=1S/C31H35N3O4/c1-4-37-30(36)27-10-7-13-33-29(27)24-11-12-25(18-32)28(16-24)38-20-26(35)19-34-31(2,3)17-21-14-22-8-5-6-9-23(22)15-21/h5-13,16,21,26,34-35H,4,14-15,17,19-20H2,1-3H3/t26-/m1/s1. The molecule has 4 rings (SSSR count). The molecular weight excluding hydrogens is 478 g/mol. The first-order chi connectivity index (χ1) is 18.3. The smallest absolute Gasteiger partial charge is 0.340 e. The second kappa shape index (κ2) is 12.2. The maximum Gasteiger partial charge on any atom is 0.340 e. The molecule has 38 heavy (non-hydrogen) atoms. The molecule has 2 N–H and O–H groups in total. The molecule has 1 aliphatic rings. The van der Waals surface area contributed by atoms with Gasteiger partial charge in [-0.15, -0.1) is 0 Å². The molecule has 7 nitrogen and oxygen atoms in total. The molecule has 1 heterocycles.